The van der Waals surface area contributed by atoms with Crippen LogP contribution in [0.1, 0.15) is 50.8 Å². The van der Waals surface area contributed by atoms with Gasteiger partial charge < -0.3 is 4.90 Å². The van der Waals surface area contributed by atoms with E-state index in [0.29, 0.717) is 0 Å². The second-order valence-electron chi connectivity index (χ2n) is 6.11. The van der Waals surface area contributed by atoms with E-state index >= 15 is 0 Å². The number of likely N-dealkylation sites (tertiary alicyclic amines) is 1. The lowest BCUT2D eigenvalue weighted by Gasteiger charge is -2.19. The van der Waals surface area contributed by atoms with Crippen molar-refractivity contribution in [3.05, 3.63) is 16.3 Å². The highest BCUT2D eigenvalue weighted by Gasteiger charge is 2.20. The minimum atomic E-state index is -0.116. The van der Waals surface area contributed by atoms with E-state index in [0.717, 1.165) is 64.0 Å². The van der Waals surface area contributed by atoms with E-state index in [1.807, 2.05) is 4.90 Å². The number of hydrogen-bond donors (Lipinski definition) is 0. The molecule has 1 aromatic rings. The Hall–Kier alpha value is -1.59. The minimum absolute atomic E-state index is 0.0345. The molecule has 3 heterocycles. The van der Waals surface area contributed by atoms with E-state index < -0.39 is 0 Å². The Morgan fingerprint density at radius 3 is 2.38 bits per heavy atom. The Morgan fingerprint density at radius 2 is 1.62 bits per heavy atom. The predicted molar refractivity (Wildman–Crippen MR) is 79.1 cm³/mol. The summed E-state index contributed by atoms with van der Waals surface area (Å²) in [5.74, 6) is 0.883. The number of carbonyl (C=O) groups is 1. The largest absolute Gasteiger partial charge is 0.346 e. The van der Waals surface area contributed by atoms with Crippen molar-refractivity contribution in [2.24, 2.45) is 0 Å². The average molecular weight is 292 g/mol. The number of rotatable bonds is 2. The van der Waals surface area contributed by atoms with Crippen molar-refractivity contribution in [3.63, 3.8) is 0 Å². The van der Waals surface area contributed by atoms with Crippen molar-refractivity contribution >= 4 is 5.91 Å². The summed E-state index contributed by atoms with van der Waals surface area (Å²) in [6.45, 7) is 2.48. The second kappa shape index (κ2) is 6.45. The molecule has 0 radical (unpaired) electrons. The molecule has 0 spiro atoms. The Balaban J connectivity index is 1.72. The molecule has 6 nitrogen and oxygen atoms in total. The van der Waals surface area contributed by atoms with Crippen molar-refractivity contribution in [3.8, 4) is 0 Å². The zero-order valence-corrected chi connectivity index (χ0v) is 12.6. The molecule has 1 fully saturated rings. The molecule has 3 rings (SSSR count). The lowest BCUT2D eigenvalue weighted by molar-refractivity contribution is -0.132. The quantitative estimate of drug-likeness (QED) is 0.822. The lowest BCUT2D eigenvalue weighted by atomic mass is 10.2. The number of nitrogens with zero attached hydrogens (tertiary/aromatic N) is 4. The highest BCUT2D eigenvalue weighted by Crippen LogP contribution is 2.12. The van der Waals surface area contributed by atoms with E-state index in [4.69, 9.17) is 0 Å². The second-order valence-corrected chi connectivity index (χ2v) is 6.11. The van der Waals surface area contributed by atoms with Gasteiger partial charge in [0.15, 0.2) is 0 Å². The van der Waals surface area contributed by atoms with Crippen LogP contribution in [-0.2, 0) is 24.3 Å². The summed E-state index contributed by atoms with van der Waals surface area (Å²) in [5.41, 5.74) is -0.116. The predicted octanol–water partition coefficient (Wildman–Crippen LogP) is 1.17. The molecule has 116 valence electrons. The van der Waals surface area contributed by atoms with E-state index in [9.17, 15) is 9.59 Å². The van der Waals surface area contributed by atoms with Gasteiger partial charge in [0.05, 0.1) is 0 Å². The summed E-state index contributed by atoms with van der Waals surface area (Å²) < 4.78 is 3.12. The molecule has 2 aliphatic heterocycles. The first-order valence-electron chi connectivity index (χ1n) is 8.20. The topological polar surface area (TPSA) is 60.1 Å². The number of aromatic nitrogens is 3. The van der Waals surface area contributed by atoms with Gasteiger partial charge in [-0.3, -0.25) is 9.36 Å². The molecule has 1 amide bonds. The van der Waals surface area contributed by atoms with Crippen LogP contribution >= 0.6 is 0 Å². The van der Waals surface area contributed by atoms with Crippen LogP contribution in [0.2, 0.25) is 0 Å². The Bertz CT molecular complexity index is 553. The van der Waals surface area contributed by atoms with Gasteiger partial charge in [0.25, 0.3) is 0 Å². The molecular formula is C15H24N4O2. The van der Waals surface area contributed by atoms with Gasteiger partial charge >= 0.3 is 5.69 Å². The van der Waals surface area contributed by atoms with Gasteiger partial charge in [-0.25, -0.2) is 9.48 Å². The third-order valence-electron chi connectivity index (χ3n) is 4.53. The fraction of sp³-hybridized carbons (Fsp3) is 0.800. The van der Waals surface area contributed by atoms with Crippen molar-refractivity contribution in [2.75, 3.05) is 13.1 Å². The van der Waals surface area contributed by atoms with Crippen LogP contribution in [0.3, 0.4) is 0 Å². The molecule has 0 aliphatic carbocycles. The Morgan fingerprint density at radius 1 is 0.952 bits per heavy atom. The summed E-state index contributed by atoms with van der Waals surface area (Å²) in [6.07, 6.45) is 8.64. The van der Waals surface area contributed by atoms with Crippen molar-refractivity contribution in [1.82, 2.24) is 19.2 Å². The molecule has 0 unspecified atom stereocenters. The molecule has 21 heavy (non-hydrogen) atoms. The number of carbonyl (C=O) groups excluding carboxylic acids is 1. The van der Waals surface area contributed by atoms with Crippen LogP contribution in [0.5, 0.6) is 0 Å². The van der Waals surface area contributed by atoms with E-state index in [2.05, 4.69) is 5.10 Å². The summed E-state index contributed by atoms with van der Waals surface area (Å²) in [6, 6.07) is 0. The number of aryl methyl sites for hydroxylation is 1. The minimum Gasteiger partial charge on any atom is -0.341 e. The van der Waals surface area contributed by atoms with Crippen LogP contribution in [0.4, 0.5) is 0 Å². The molecule has 0 saturated carbocycles. The third-order valence-corrected chi connectivity index (χ3v) is 4.53. The lowest BCUT2D eigenvalue weighted by Crippen LogP contribution is -2.37. The van der Waals surface area contributed by atoms with E-state index in [1.54, 1.807) is 4.57 Å². The highest BCUT2D eigenvalue weighted by atomic mass is 16.2. The van der Waals surface area contributed by atoms with Gasteiger partial charge in [-0.15, -0.1) is 0 Å². The van der Waals surface area contributed by atoms with Gasteiger partial charge in [-0.05, 0) is 25.7 Å². The van der Waals surface area contributed by atoms with Crippen LogP contribution in [0.25, 0.3) is 0 Å². The van der Waals surface area contributed by atoms with Crippen molar-refractivity contribution < 1.29 is 4.79 Å². The Kier molecular flexibility index (Phi) is 4.41. The van der Waals surface area contributed by atoms with Gasteiger partial charge in [-0.2, -0.15) is 5.10 Å². The van der Waals surface area contributed by atoms with Crippen LogP contribution in [0, 0.1) is 0 Å². The highest BCUT2D eigenvalue weighted by molar-refractivity contribution is 5.75. The summed E-state index contributed by atoms with van der Waals surface area (Å²) in [7, 11) is 0. The fourth-order valence-corrected chi connectivity index (χ4v) is 3.28. The van der Waals surface area contributed by atoms with Gasteiger partial charge in [0.1, 0.15) is 12.4 Å². The number of hydrogen-bond acceptors (Lipinski definition) is 3. The average Bonchev–Trinajstić information content (AvgIpc) is 2.77. The fourth-order valence-electron chi connectivity index (χ4n) is 3.28. The van der Waals surface area contributed by atoms with Crippen LogP contribution in [0.15, 0.2) is 4.79 Å². The molecule has 1 aromatic heterocycles. The summed E-state index contributed by atoms with van der Waals surface area (Å²) in [5, 5.41) is 4.39. The first-order valence-corrected chi connectivity index (χ1v) is 8.20. The van der Waals surface area contributed by atoms with Gasteiger partial charge in [0, 0.05) is 26.1 Å². The maximum absolute atomic E-state index is 12.4. The molecule has 0 N–H and O–H groups in total. The molecule has 2 aliphatic rings. The van der Waals surface area contributed by atoms with Crippen LogP contribution in [-0.4, -0.2) is 38.2 Å². The van der Waals surface area contributed by atoms with Gasteiger partial charge in [0.2, 0.25) is 5.91 Å². The normalized spacial score (nSPS) is 19.7. The summed E-state index contributed by atoms with van der Waals surface area (Å²) >= 11 is 0. The van der Waals surface area contributed by atoms with E-state index in [-0.39, 0.29) is 18.1 Å². The summed E-state index contributed by atoms with van der Waals surface area (Å²) in [4.78, 5) is 26.6. The molecule has 0 bridgehead atoms. The zero-order chi connectivity index (χ0) is 14.7. The number of amides is 1. The molecule has 1 saturated heterocycles. The molecular weight excluding hydrogens is 268 g/mol. The molecule has 6 heteroatoms. The SMILES string of the molecule is O=C(Cn1nc2n(c1=O)CCCCC2)N1CCCCCC1. The maximum atomic E-state index is 12.4. The van der Waals surface area contributed by atoms with Crippen molar-refractivity contribution in [1.29, 1.82) is 0 Å². The monoisotopic (exact) mass is 292 g/mol. The standard InChI is InChI=1S/C15H24N4O2/c20-14(17-9-5-1-2-6-10-17)12-19-15(21)18-11-7-3-4-8-13(18)16-19/h1-12H2. The third kappa shape index (κ3) is 3.19. The zero-order valence-electron chi connectivity index (χ0n) is 12.6. The molecule has 0 aromatic carbocycles. The number of fused-ring (bicyclic) bond motifs is 1. The van der Waals surface area contributed by atoms with Crippen LogP contribution < -0.4 is 5.69 Å². The van der Waals surface area contributed by atoms with Crippen molar-refractivity contribution in [2.45, 2.75) is 64.5 Å². The smallest absolute Gasteiger partial charge is 0.341 e. The van der Waals surface area contributed by atoms with E-state index in [1.165, 1.54) is 17.5 Å². The first-order chi connectivity index (χ1) is 10.3. The first kappa shape index (κ1) is 14.4. The molecule has 0 atom stereocenters. The Labute approximate surface area is 124 Å². The maximum Gasteiger partial charge on any atom is 0.346 e. The van der Waals surface area contributed by atoms with Gasteiger partial charge in [-0.1, -0.05) is 19.3 Å².